The molecule has 1 atom stereocenters. The third-order valence-corrected chi connectivity index (χ3v) is 6.15. The second-order valence-electron chi connectivity index (χ2n) is 8.35. The van der Waals surface area contributed by atoms with Crippen LogP contribution in [0.2, 0.25) is 0 Å². The molecule has 0 saturated carbocycles. The Hall–Kier alpha value is -4.67. The van der Waals surface area contributed by atoms with E-state index in [2.05, 4.69) is 4.98 Å². The average molecular weight is 490 g/mol. The zero-order valence-electron chi connectivity index (χ0n) is 19.1. The van der Waals surface area contributed by atoms with Gasteiger partial charge in [0.15, 0.2) is 11.5 Å². The van der Waals surface area contributed by atoms with E-state index in [-0.39, 0.29) is 23.6 Å². The largest absolute Gasteiger partial charge is 0.507 e. The zero-order valence-corrected chi connectivity index (χ0v) is 19.1. The van der Waals surface area contributed by atoms with Gasteiger partial charge in [-0.1, -0.05) is 0 Å². The molecule has 3 heterocycles. The summed E-state index contributed by atoms with van der Waals surface area (Å²) in [6.07, 6.45) is 5.63. The number of rotatable bonds is 7. The van der Waals surface area contributed by atoms with Crippen molar-refractivity contribution in [2.45, 2.75) is 19.0 Å². The lowest BCUT2D eigenvalue weighted by Crippen LogP contribution is -2.31. The maximum absolute atomic E-state index is 13.2. The number of benzene rings is 2. The van der Waals surface area contributed by atoms with Crippen molar-refractivity contribution in [3.05, 3.63) is 88.0 Å². The number of likely N-dealkylation sites (tertiary alicyclic amines) is 1. The van der Waals surface area contributed by atoms with Gasteiger partial charge in [0.2, 0.25) is 0 Å². The van der Waals surface area contributed by atoms with Crippen LogP contribution in [-0.2, 0) is 16.1 Å². The minimum Gasteiger partial charge on any atom is -0.507 e. The third kappa shape index (κ3) is 4.26. The highest BCUT2D eigenvalue weighted by Gasteiger charge is 2.46. The van der Waals surface area contributed by atoms with Gasteiger partial charge in [0.05, 0.1) is 22.9 Å². The summed E-state index contributed by atoms with van der Waals surface area (Å²) in [5.74, 6) is -0.987. The molecule has 0 radical (unpaired) electrons. The van der Waals surface area contributed by atoms with E-state index in [1.807, 2.05) is 4.57 Å². The number of ether oxygens (including phenoxy) is 2. The third-order valence-electron chi connectivity index (χ3n) is 6.15. The molecule has 36 heavy (non-hydrogen) atoms. The fourth-order valence-corrected chi connectivity index (χ4v) is 4.42. The number of nitrogens with zero attached hydrogens (tertiary/aromatic N) is 4. The Morgan fingerprint density at radius 1 is 1.08 bits per heavy atom. The highest BCUT2D eigenvalue weighted by molar-refractivity contribution is 6.46. The smallest absolute Gasteiger partial charge is 0.295 e. The Balaban J connectivity index is 1.54. The van der Waals surface area contributed by atoms with Gasteiger partial charge in [-0.2, -0.15) is 0 Å². The standard InChI is InChI=1S/C25H22N4O7/c30-23(17-4-7-19-20(14-17)36-13-12-35-19)21-22(16-2-5-18(6-3-16)29(33)34)28(25(32)24(21)31)10-1-9-27-11-8-26-15-27/h2-8,11,14-15,22,30H,1,9-10,12-13H2/b23-21+/t22-/m1/s1. The number of aromatic nitrogens is 2. The lowest BCUT2D eigenvalue weighted by molar-refractivity contribution is -0.384. The SMILES string of the molecule is O=C1C(=O)N(CCCn2ccnc2)[C@H](c2ccc([N+](=O)[O-])cc2)/C1=C(\O)c1ccc2c(c1)OCCO2. The van der Waals surface area contributed by atoms with Crippen LogP contribution in [0.5, 0.6) is 11.5 Å². The fraction of sp³-hybridized carbons (Fsp3) is 0.240. The number of aliphatic hydroxyl groups excluding tert-OH is 1. The molecule has 2 aromatic carbocycles. The van der Waals surface area contributed by atoms with Crippen molar-refractivity contribution >= 4 is 23.1 Å². The number of aliphatic hydroxyl groups is 1. The van der Waals surface area contributed by atoms with Gasteiger partial charge >= 0.3 is 0 Å². The molecule has 1 saturated heterocycles. The van der Waals surface area contributed by atoms with Crippen molar-refractivity contribution in [1.82, 2.24) is 14.5 Å². The van der Waals surface area contributed by atoms with Gasteiger partial charge in [-0.15, -0.1) is 0 Å². The van der Waals surface area contributed by atoms with Crippen LogP contribution in [0.1, 0.15) is 23.6 Å². The molecule has 2 aliphatic rings. The lowest BCUT2D eigenvalue weighted by atomic mass is 9.95. The molecular formula is C25H22N4O7. The van der Waals surface area contributed by atoms with E-state index < -0.39 is 22.7 Å². The first-order valence-electron chi connectivity index (χ1n) is 11.3. The number of nitro groups is 1. The van der Waals surface area contributed by atoms with E-state index in [4.69, 9.17) is 9.47 Å². The lowest BCUT2D eigenvalue weighted by Gasteiger charge is -2.25. The van der Waals surface area contributed by atoms with Gasteiger partial charge in [-0.25, -0.2) is 4.98 Å². The number of carbonyl (C=O) groups excluding carboxylic acids is 2. The first-order valence-corrected chi connectivity index (χ1v) is 11.3. The molecule has 0 aliphatic carbocycles. The molecule has 1 amide bonds. The molecule has 1 aromatic heterocycles. The van der Waals surface area contributed by atoms with Crippen LogP contribution >= 0.6 is 0 Å². The number of hydrogen-bond donors (Lipinski definition) is 1. The monoisotopic (exact) mass is 490 g/mol. The molecule has 11 nitrogen and oxygen atoms in total. The van der Waals surface area contributed by atoms with E-state index in [0.29, 0.717) is 48.8 Å². The summed E-state index contributed by atoms with van der Waals surface area (Å²) >= 11 is 0. The average Bonchev–Trinajstić information content (AvgIpc) is 3.50. The summed E-state index contributed by atoms with van der Waals surface area (Å²) in [7, 11) is 0. The molecular weight excluding hydrogens is 468 g/mol. The number of non-ortho nitro benzene ring substituents is 1. The Morgan fingerprint density at radius 2 is 1.83 bits per heavy atom. The van der Waals surface area contributed by atoms with Crippen molar-refractivity contribution in [1.29, 1.82) is 0 Å². The molecule has 3 aromatic rings. The van der Waals surface area contributed by atoms with E-state index in [0.717, 1.165) is 0 Å². The molecule has 184 valence electrons. The Morgan fingerprint density at radius 3 is 2.53 bits per heavy atom. The van der Waals surface area contributed by atoms with Crippen molar-refractivity contribution < 1.29 is 29.1 Å². The maximum Gasteiger partial charge on any atom is 0.295 e. The highest BCUT2D eigenvalue weighted by atomic mass is 16.6. The maximum atomic E-state index is 13.2. The minimum atomic E-state index is -0.915. The predicted octanol–water partition coefficient (Wildman–Crippen LogP) is 3.07. The zero-order chi connectivity index (χ0) is 25.2. The fourth-order valence-electron chi connectivity index (χ4n) is 4.42. The topological polar surface area (TPSA) is 137 Å². The van der Waals surface area contributed by atoms with Crippen LogP contribution in [0.3, 0.4) is 0 Å². The van der Waals surface area contributed by atoms with Crippen LogP contribution in [0.4, 0.5) is 5.69 Å². The van der Waals surface area contributed by atoms with Crippen LogP contribution < -0.4 is 9.47 Å². The van der Waals surface area contributed by atoms with Gasteiger partial charge in [0.25, 0.3) is 17.4 Å². The highest BCUT2D eigenvalue weighted by Crippen LogP contribution is 2.41. The quantitative estimate of drug-likeness (QED) is 0.175. The first kappa shape index (κ1) is 23.1. The van der Waals surface area contributed by atoms with E-state index in [9.17, 15) is 24.8 Å². The summed E-state index contributed by atoms with van der Waals surface area (Å²) in [5.41, 5.74) is 0.555. The second-order valence-corrected chi connectivity index (χ2v) is 8.35. The number of aryl methyl sites for hydroxylation is 1. The minimum absolute atomic E-state index is 0.0897. The van der Waals surface area contributed by atoms with Crippen molar-refractivity contribution in [2.24, 2.45) is 0 Å². The van der Waals surface area contributed by atoms with E-state index in [1.54, 1.807) is 36.9 Å². The predicted molar refractivity (Wildman–Crippen MR) is 126 cm³/mol. The molecule has 2 aliphatic heterocycles. The normalized spacial score (nSPS) is 18.4. The Labute approximate surface area is 205 Å². The van der Waals surface area contributed by atoms with Crippen LogP contribution in [0.25, 0.3) is 5.76 Å². The molecule has 0 unspecified atom stereocenters. The number of ketones is 1. The van der Waals surface area contributed by atoms with Crippen molar-refractivity contribution in [3.8, 4) is 11.5 Å². The summed E-state index contributed by atoms with van der Waals surface area (Å²) in [4.78, 5) is 42.3. The first-order chi connectivity index (χ1) is 17.4. The number of imidazole rings is 1. The Kier molecular flexibility index (Phi) is 6.11. The van der Waals surface area contributed by atoms with Gasteiger partial charge < -0.3 is 24.0 Å². The summed E-state index contributed by atoms with van der Waals surface area (Å²) in [6.45, 7) is 1.55. The number of carbonyl (C=O) groups is 2. The second kappa shape index (κ2) is 9.53. The van der Waals surface area contributed by atoms with Crippen molar-refractivity contribution in [3.63, 3.8) is 0 Å². The van der Waals surface area contributed by atoms with Crippen LogP contribution in [-0.4, -0.2) is 55.9 Å². The summed E-state index contributed by atoms with van der Waals surface area (Å²) in [5, 5.41) is 22.4. The van der Waals surface area contributed by atoms with Gasteiger partial charge in [-0.3, -0.25) is 19.7 Å². The van der Waals surface area contributed by atoms with Crippen molar-refractivity contribution in [2.75, 3.05) is 19.8 Å². The van der Waals surface area contributed by atoms with E-state index >= 15 is 0 Å². The van der Waals surface area contributed by atoms with Gasteiger partial charge in [-0.05, 0) is 42.3 Å². The summed E-state index contributed by atoms with van der Waals surface area (Å²) < 4.78 is 13.0. The number of amides is 1. The summed E-state index contributed by atoms with van der Waals surface area (Å²) in [6, 6.07) is 9.47. The van der Waals surface area contributed by atoms with E-state index in [1.165, 1.54) is 29.2 Å². The molecule has 0 bridgehead atoms. The Bertz CT molecular complexity index is 1350. The molecule has 1 fully saturated rings. The van der Waals surface area contributed by atoms with Crippen LogP contribution in [0.15, 0.2) is 66.8 Å². The molecule has 5 rings (SSSR count). The number of fused-ring (bicyclic) bond motifs is 1. The number of Topliss-reactive ketones (excluding diaryl/α,β-unsaturated/α-hetero) is 1. The van der Waals surface area contributed by atoms with Crippen LogP contribution in [0, 0.1) is 10.1 Å². The van der Waals surface area contributed by atoms with Gasteiger partial charge in [0, 0.05) is 43.2 Å². The number of hydrogen-bond acceptors (Lipinski definition) is 8. The molecule has 1 N–H and O–H groups in total. The molecule has 11 heteroatoms. The van der Waals surface area contributed by atoms with Gasteiger partial charge in [0.1, 0.15) is 19.0 Å². The molecule has 0 spiro atoms. The number of nitro benzene ring substituents is 1.